The third kappa shape index (κ3) is 2.38. The number of aromatic nitrogens is 2. The van der Waals surface area contributed by atoms with Gasteiger partial charge in [-0.3, -0.25) is 10.1 Å². The number of nitrogen functional groups attached to an aromatic ring is 1. The van der Waals surface area contributed by atoms with Crippen molar-refractivity contribution in [2.24, 2.45) is 5.92 Å². The molecule has 1 fully saturated rings. The number of ether oxygens (including phenoxy) is 1. The molecule has 94 valence electrons. The molecule has 2 N–H and O–H groups in total. The monoisotopic (exact) mass is 240 g/mol. The topological polar surface area (TPSA) is 96.2 Å². The summed E-state index contributed by atoms with van der Waals surface area (Å²) in [6, 6.07) is 0. The molecule has 1 saturated heterocycles. The Hall–Kier alpha value is -1.63. The zero-order valence-corrected chi connectivity index (χ0v) is 9.76. The van der Waals surface area contributed by atoms with Crippen molar-refractivity contribution < 1.29 is 9.66 Å². The van der Waals surface area contributed by atoms with E-state index in [2.05, 4.69) is 5.10 Å². The second kappa shape index (κ2) is 4.70. The van der Waals surface area contributed by atoms with Crippen LogP contribution in [0.1, 0.15) is 18.5 Å². The van der Waals surface area contributed by atoms with Crippen molar-refractivity contribution in [2.45, 2.75) is 26.3 Å². The highest BCUT2D eigenvalue weighted by atomic mass is 16.6. The summed E-state index contributed by atoms with van der Waals surface area (Å²) < 4.78 is 6.88. The molecule has 1 aromatic rings. The quantitative estimate of drug-likeness (QED) is 0.630. The van der Waals surface area contributed by atoms with Gasteiger partial charge >= 0.3 is 5.69 Å². The number of nitrogens with two attached hydrogens (primary N) is 1. The number of hydrogen-bond acceptors (Lipinski definition) is 5. The van der Waals surface area contributed by atoms with Crippen molar-refractivity contribution in [1.29, 1.82) is 0 Å². The molecule has 0 amide bonds. The molecular weight excluding hydrogens is 224 g/mol. The fourth-order valence-electron chi connectivity index (χ4n) is 2.15. The molecule has 0 aromatic carbocycles. The normalized spacial score (nSPS) is 20.4. The summed E-state index contributed by atoms with van der Waals surface area (Å²) in [5.41, 5.74) is 6.02. The first-order valence-electron chi connectivity index (χ1n) is 5.64. The van der Waals surface area contributed by atoms with E-state index in [1.165, 1.54) is 4.68 Å². The van der Waals surface area contributed by atoms with Crippen LogP contribution in [0.25, 0.3) is 0 Å². The molecule has 1 atom stereocenters. The van der Waals surface area contributed by atoms with Gasteiger partial charge in [0, 0.05) is 19.1 Å². The predicted molar refractivity (Wildman–Crippen MR) is 61.6 cm³/mol. The minimum atomic E-state index is -0.481. The molecule has 2 heterocycles. The van der Waals surface area contributed by atoms with Crippen molar-refractivity contribution >= 4 is 11.5 Å². The lowest BCUT2D eigenvalue weighted by atomic mass is 10.0. The van der Waals surface area contributed by atoms with Crippen LogP contribution in [-0.4, -0.2) is 27.9 Å². The summed E-state index contributed by atoms with van der Waals surface area (Å²) in [6.07, 6.45) is 2.07. The first kappa shape index (κ1) is 11.8. The lowest BCUT2D eigenvalue weighted by molar-refractivity contribution is -0.384. The molecule has 0 spiro atoms. The van der Waals surface area contributed by atoms with E-state index in [-0.39, 0.29) is 11.5 Å². The van der Waals surface area contributed by atoms with Gasteiger partial charge in [0.05, 0.1) is 11.5 Å². The van der Waals surface area contributed by atoms with Gasteiger partial charge in [-0.1, -0.05) is 0 Å². The maximum absolute atomic E-state index is 10.8. The van der Waals surface area contributed by atoms with Crippen LogP contribution in [0.15, 0.2) is 0 Å². The van der Waals surface area contributed by atoms with E-state index in [4.69, 9.17) is 10.5 Å². The third-order valence-corrected chi connectivity index (χ3v) is 3.00. The van der Waals surface area contributed by atoms with Gasteiger partial charge in [-0.25, -0.2) is 4.68 Å². The van der Waals surface area contributed by atoms with Gasteiger partial charge in [0.15, 0.2) is 0 Å². The summed E-state index contributed by atoms with van der Waals surface area (Å²) in [5.74, 6) is 0.475. The van der Waals surface area contributed by atoms with Crippen LogP contribution >= 0.6 is 0 Å². The van der Waals surface area contributed by atoms with Gasteiger partial charge in [-0.05, 0) is 19.8 Å². The minimum Gasteiger partial charge on any atom is -0.381 e. The number of nitrogens with zero attached hydrogens (tertiary/aromatic N) is 3. The average molecular weight is 240 g/mol. The Morgan fingerprint density at radius 1 is 1.71 bits per heavy atom. The number of nitro groups is 1. The van der Waals surface area contributed by atoms with E-state index in [0.29, 0.717) is 24.8 Å². The molecule has 0 saturated carbocycles. The Kier molecular flexibility index (Phi) is 3.28. The van der Waals surface area contributed by atoms with Gasteiger partial charge < -0.3 is 10.5 Å². The fourth-order valence-corrected chi connectivity index (χ4v) is 2.15. The van der Waals surface area contributed by atoms with Crippen LogP contribution < -0.4 is 5.73 Å². The summed E-state index contributed by atoms with van der Waals surface area (Å²) in [6.45, 7) is 3.65. The molecule has 0 bridgehead atoms. The molecule has 7 nitrogen and oxygen atoms in total. The summed E-state index contributed by atoms with van der Waals surface area (Å²) in [7, 11) is 0. The maximum Gasteiger partial charge on any atom is 0.333 e. The summed E-state index contributed by atoms with van der Waals surface area (Å²) in [5, 5.41) is 14.9. The van der Waals surface area contributed by atoms with Crippen molar-refractivity contribution in [3.05, 3.63) is 15.8 Å². The van der Waals surface area contributed by atoms with E-state index in [1.54, 1.807) is 6.92 Å². The smallest absolute Gasteiger partial charge is 0.333 e. The van der Waals surface area contributed by atoms with Crippen LogP contribution in [0, 0.1) is 23.0 Å². The standard InChI is InChI=1S/C10H16N4O3/c1-7-9(14(15)16)10(11)13(12-7)5-8-3-2-4-17-6-8/h8H,2-6,11H2,1H3. The van der Waals surface area contributed by atoms with E-state index in [0.717, 1.165) is 19.4 Å². The molecule has 7 heteroatoms. The highest BCUT2D eigenvalue weighted by molar-refractivity contribution is 5.55. The number of anilines is 1. The van der Waals surface area contributed by atoms with Crippen molar-refractivity contribution in [2.75, 3.05) is 18.9 Å². The first-order valence-corrected chi connectivity index (χ1v) is 5.64. The van der Waals surface area contributed by atoms with Crippen LogP contribution in [-0.2, 0) is 11.3 Å². The SMILES string of the molecule is Cc1nn(CC2CCCOC2)c(N)c1[N+](=O)[O-]. The second-order valence-corrected chi connectivity index (χ2v) is 4.34. The number of hydrogen-bond donors (Lipinski definition) is 1. The first-order chi connectivity index (χ1) is 8.09. The van der Waals surface area contributed by atoms with Crippen molar-refractivity contribution in [3.8, 4) is 0 Å². The summed E-state index contributed by atoms with van der Waals surface area (Å²) in [4.78, 5) is 10.3. The van der Waals surface area contributed by atoms with Crippen molar-refractivity contribution in [3.63, 3.8) is 0 Å². The van der Waals surface area contributed by atoms with E-state index in [9.17, 15) is 10.1 Å². The Labute approximate surface area is 98.7 Å². The largest absolute Gasteiger partial charge is 0.381 e. The Bertz CT molecular complexity index is 423. The molecule has 1 aliphatic rings. The lowest BCUT2D eigenvalue weighted by Gasteiger charge is -2.21. The van der Waals surface area contributed by atoms with Gasteiger partial charge in [0.2, 0.25) is 5.82 Å². The molecule has 1 aromatic heterocycles. The molecule has 2 rings (SSSR count). The summed E-state index contributed by atoms with van der Waals surface area (Å²) >= 11 is 0. The van der Waals surface area contributed by atoms with E-state index >= 15 is 0 Å². The Balaban J connectivity index is 2.15. The highest BCUT2D eigenvalue weighted by Crippen LogP contribution is 2.26. The van der Waals surface area contributed by atoms with E-state index < -0.39 is 4.92 Å². The third-order valence-electron chi connectivity index (χ3n) is 3.00. The number of rotatable bonds is 3. The van der Waals surface area contributed by atoms with Gasteiger partial charge in [0.25, 0.3) is 0 Å². The van der Waals surface area contributed by atoms with Gasteiger partial charge in [-0.15, -0.1) is 0 Å². The fraction of sp³-hybridized carbons (Fsp3) is 0.700. The van der Waals surface area contributed by atoms with Gasteiger partial charge in [-0.2, -0.15) is 5.10 Å². The second-order valence-electron chi connectivity index (χ2n) is 4.34. The zero-order chi connectivity index (χ0) is 12.4. The molecule has 1 aliphatic heterocycles. The molecule has 0 aliphatic carbocycles. The van der Waals surface area contributed by atoms with Crippen molar-refractivity contribution in [1.82, 2.24) is 9.78 Å². The highest BCUT2D eigenvalue weighted by Gasteiger charge is 2.25. The molecule has 0 radical (unpaired) electrons. The number of aryl methyl sites for hydroxylation is 1. The zero-order valence-electron chi connectivity index (χ0n) is 9.76. The van der Waals surface area contributed by atoms with Crippen LogP contribution in [0.2, 0.25) is 0 Å². The van der Waals surface area contributed by atoms with E-state index in [1.807, 2.05) is 0 Å². The van der Waals surface area contributed by atoms with Crippen LogP contribution in [0.5, 0.6) is 0 Å². The predicted octanol–water partition coefficient (Wildman–Crippen LogP) is 1.11. The van der Waals surface area contributed by atoms with Gasteiger partial charge in [0.1, 0.15) is 5.69 Å². The molecule has 17 heavy (non-hydrogen) atoms. The molecular formula is C10H16N4O3. The molecule has 1 unspecified atom stereocenters. The average Bonchev–Trinajstić information content (AvgIpc) is 2.55. The van der Waals surface area contributed by atoms with Crippen LogP contribution in [0.4, 0.5) is 11.5 Å². The Morgan fingerprint density at radius 2 is 2.47 bits per heavy atom. The van der Waals surface area contributed by atoms with Crippen LogP contribution in [0.3, 0.4) is 0 Å². The maximum atomic E-state index is 10.8. The Morgan fingerprint density at radius 3 is 3.00 bits per heavy atom. The lowest BCUT2D eigenvalue weighted by Crippen LogP contribution is -2.23. The minimum absolute atomic E-state index is 0.0817.